The fourth-order valence-corrected chi connectivity index (χ4v) is 2.92. The minimum absolute atomic E-state index is 0.336. The van der Waals surface area contributed by atoms with Crippen LogP contribution in [-0.2, 0) is 19.2 Å². The van der Waals surface area contributed by atoms with Gasteiger partial charge in [0.05, 0.1) is 12.6 Å². The highest BCUT2D eigenvalue weighted by Crippen LogP contribution is 2.08. The van der Waals surface area contributed by atoms with Crippen molar-refractivity contribution >= 4 is 23.7 Å². The third kappa shape index (κ3) is 6.75. The van der Waals surface area contributed by atoms with Crippen LogP contribution in [0.4, 0.5) is 0 Å². The first kappa shape index (κ1) is 23.8. The van der Waals surface area contributed by atoms with Crippen molar-refractivity contribution in [3.8, 4) is 0 Å². The summed E-state index contributed by atoms with van der Waals surface area (Å²) in [6.07, 6.45) is 1.50. The highest BCUT2D eigenvalue weighted by Gasteiger charge is 2.33. The molecule has 1 heterocycles. The van der Waals surface area contributed by atoms with E-state index in [9.17, 15) is 29.4 Å². The Bertz CT molecular complexity index is 574. The molecule has 1 fully saturated rings. The minimum Gasteiger partial charge on any atom is -0.480 e. The van der Waals surface area contributed by atoms with Gasteiger partial charge in [0.15, 0.2) is 0 Å². The maximum absolute atomic E-state index is 12.5. The highest BCUT2D eigenvalue weighted by molar-refractivity contribution is 5.94. The number of carbonyl (C=O) groups excluding carboxylic acids is 3. The number of aliphatic carboxylic acids is 1. The number of hydrogen-bond acceptors (Lipinski definition) is 6. The van der Waals surface area contributed by atoms with Gasteiger partial charge >= 0.3 is 5.97 Å². The summed E-state index contributed by atoms with van der Waals surface area (Å²) in [5.74, 6) is -3.57. The van der Waals surface area contributed by atoms with Crippen molar-refractivity contribution in [1.82, 2.24) is 21.3 Å². The van der Waals surface area contributed by atoms with E-state index in [4.69, 9.17) is 0 Å². The predicted octanol–water partition coefficient (Wildman–Crippen LogP) is -1.42. The number of carboxylic acid groups (broad SMARTS) is 1. The summed E-state index contributed by atoms with van der Waals surface area (Å²) in [5.41, 5.74) is 0. The zero-order chi connectivity index (χ0) is 21.4. The topological polar surface area (TPSA) is 157 Å². The number of amides is 3. The third-order valence-electron chi connectivity index (χ3n) is 4.67. The van der Waals surface area contributed by atoms with Gasteiger partial charge in [-0.1, -0.05) is 27.7 Å². The van der Waals surface area contributed by atoms with Gasteiger partial charge in [-0.15, -0.1) is 0 Å². The molecule has 0 radical (unpaired) electrons. The van der Waals surface area contributed by atoms with Crippen LogP contribution in [0.15, 0.2) is 0 Å². The van der Waals surface area contributed by atoms with E-state index in [2.05, 4.69) is 21.3 Å². The van der Waals surface area contributed by atoms with Crippen molar-refractivity contribution in [2.75, 3.05) is 13.2 Å². The van der Waals surface area contributed by atoms with E-state index in [1.54, 1.807) is 27.7 Å². The Labute approximate surface area is 164 Å². The van der Waals surface area contributed by atoms with Gasteiger partial charge in [-0.05, 0) is 31.2 Å². The van der Waals surface area contributed by atoms with Gasteiger partial charge in [-0.3, -0.25) is 14.4 Å². The monoisotopic (exact) mass is 400 g/mol. The Morgan fingerprint density at radius 3 is 1.96 bits per heavy atom. The SMILES string of the molecule is CC(C)C(NC(=O)C(NC(=O)C(CO)NC(=O)C1CCCN1)C(C)C)C(=O)O. The van der Waals surface area contributed by atoms with Gasteiger partial charge in [0.25, 0.3) is 0 Å². The van der Waals surface area contributed by atoms with E-state index >= 15 is 0 Å². The molecule has 0 aliphatic carbocycles. The van der Waals surface area contributed by atoms with Crippen molar-refractivity contribution in [3.63, 3.8) is 0 Å². The van der Waals surface area contributed by atoms with Crippen molar-refractivity contribution in [2.45, 2.75) is 64.7 Å². The third-order valence-corrected chi connectivity index (χ3v) is 4.67. The quantitative estimate of drug-likeness (QED) is 0.263. The molecule has 1 rings (SSSR count). The molecule has 0 saturated carbocycles. The van der Waals surface area contributed by atoms with Gasteiger partial charge in [-0.25, -0.2) is 4.79 Å². The lowest BCUT2D eigenvalue weighted by molar-refractivity contribution is -0.144. The summed E-state index contributed by atoms with van der Waals surface area (Å²) in [7, 11) is 0. The van der Waals surface area contributed by atoms with E-state index in [-0.39, 0.29) is 17.7 Å². The number of nitrogens with one attached hydrogen (secondary N) is 4. The van der Waals surface area contributed by atoms with Crippen molar-refractivity contribution < 1.29 is 29.4 Å². The van der Waals surface area contributed by atoms with Gasteiger partial charge in [0.1, 0.15) is 18.1 Å². The molecular weight excluding hydrogens is 368 g/mol. The lowest BCUT2D eigenvalue weighted by Gasteiger charge is -2.27. The molecule has 10 nitrogen and oxygen atoms in total. The Kier molecular flexibility index (Phi) is 9.33. The average Bonchev–Trinajstić information content (AvgIpc) is 3.15. The van der Waals surface area contributed by atoms with Gasteiger partial charge in [-0.2, -0.15) is 0 Å². The van der Waals surface area contributed by atoms with E-state index < -0.39 is 48.6 Å². The number of carbonyl (C=O) groups is 4. The van der Waals surface area contributed by atoms with Crippen LogP contribution in [0.3, 0.4) is 0 Å². The summed E-state index contributed by atoms with van der Waals surface area (Å²) in [6, 6.07) is -3.71. The maximum Gasteiger partial charge on any atom is 0.326 e. The average molecular weight is 400 g/mol. The summed E-state index contributed by atoms with van der Waals surface area (Å²) >= 11 is 0. The fraction of sp³-hybridized carbons (Fsp3) is 0.778. The van der Waals surface area contributed by atoms with E-state index in [1.165, 1.54) is 0 Å². The second-order valence-electron chi connectivity index (χ2n) is 7.69. The molecular formula is C18H32N4O6. The Morgan fingerprint density at radius 2 is 1.54 bits per heavy atom. The molecule has 28 heavy (non-hydrogen) atoms. The van der Waals surface area contributed by atoms with E-state index in [0.717, 1.165) is 6.42 Å². The summed E-state index contributed by atoms with van der Waals surface area (Å²) in [4.78, 5) is 48.5. The lowest BCUT2D eigenvalue weighted by Crippen LogP contribution is -2.59. The van der Waals surface area contributed by atoms with Gasteiger partial charge in [0, 0.05) is 0 Å². The second kappa shape index (κ2) is 11.0. The molecule has 0 aromatic rings. The van der Waals surface area contributed by atoms with E-state index in [0.29, 0.717) is 13.0 Å². The molecule has 1 aliphatic rings. The first-order valence-electron chi connectivity index (χ1n) is 9.56. The molecule has 4 unspecified atom stereocenters. The molecule has 0 spiro atoms. The van der Waals surface area contributed by atoms with Crippen molar-refractivity contribution in [1.29, 1.82) is 0 Å². The molecule has 160 valence electrons. The minimum atomic E-state index is -1.20. The van der Waals surface area contributed by atoms with Crippen molar-refractivity contribution in [2.24, 2.45) is 11.8 Å². The van der Waals surface area contributed by atoms with Crippen LogP contribution in [0, 0.1) is 11.8 Å². The van der Waals surface area contributed by atoms with E-state index in [1.807, 2.05) is 0 Å². The Hall–Kier alpha value is -2.20. The van der Waals surface area contributed by atoms with Crippen LogP contribution in [-0.4, -0.2) is 71.2 Å². The molecule has 4 atom stereocenters. The Balaban J connectivity index is 2.76. The number of aliphatic hydroxyl groups is 1. The zero-order valence-corrected chi connectivity index (χ0v) is 16.8. The molecule has 0 bridgehead atoms. The van der Waals surface area contributed by atoms with Crippen LogP contribution < -0.4 is 21.3 Å². The number of hydrogen-bond donors (Lipinski definition) is 6. The highest BCUT2D eigenvalue weighted by atomic mass is 16.4. The largest absolute Gasteiger partial charge is 0.480 e. The Morgan fingerprint density at radius 1 is 0.964 bits per heavy atom. The van der Waals surface area contributed by atoms with Crippen molar-refractivity contribution in [3.05, 3.63) is 0 Å². The molecule has 3 amide bonds. The number of carboxylic acids is 1. The normalized spacial score (nSPS) is 19.8. The lowest BCUT2D eigenvalue weighted by atomic mass is 10.00. The maximum atomic E-state index is 12.5. The van der Waals surface area contributed by atoms with Crippen LogP contribution in [0.2, 0.25) is 0 Å². The van der Waals surface area contributed by atoms with Crippen LogP contribution in [0.5, 0.6) is 0 Å². The first-order chi connectivity index (χ1) is 13.1. The first-order valence-corrected chi connectivity index (χ1v) is 9.56. The number of aliphatic hydroxyl groups excluding tert-OH is 1. The predicted molar refractivity (Wildman–Crippen MR) is 101 cm³/mol. The molecule has 0 aromatic carbocycles. The van der Waals surface area contributed by atoms with Crippen LogP contribution in [0.1, 0.15) is 40.5 Å². The van der Waals surface area contributed by atoms with Crippen LogP contribution >= 0.6 is 0 Å². The van der Waals surface area contributed by atoms with Gasteiger partial charge < -0.3 is 31.5 Å². The molecule has 0 aromatic heterocycles. The van der Waals surface area contributed by atoms with Gasteiger partial charge in [0.2, 0.25) is 17.7 Å². The van der Waals surface area contributed by atoms with Crippen LogP contribution in [0.25, 0.3) is 0 Å². The molecule has 1 aliphatic heterocycles. The summed E-state index contributed by atoms with van der Waals surface area (Å²) in [5, 5.41) is 29.1. The number of rotatable bonds is 10. The second-order valence-corrected chi connectivity index (χ2v) is 7.69. The zero-order valence-electron chi connectivity index (χ0n) is 16.8. The molecule has 1 saturated heterocycles. The standard InChI is InChI=1S/C18H32N4O6/c1-9(2)13(17(26)22-14(10(3)4)18(27)28)21-16(25)12(8-23)20-15(24)11-6-5-7-19-11/h9-14,19,23H,5-8H2,1-4H3,(H,20,24)(H,21,25)(H,22,26)(H,27,28). The smallest absolute Gasteiger partial charge is 0.326 e. The fourth-order valence-electron chi connectivity index (χ4n) is 2.92. The summed E-state index contributed by atoms with van der Waals surface area (Å²) < 4.78 is 0. The molecule has 10 heteroatoms. The summed E-state index contributed by atoms with van der Waals surface area (Å²) in [6.45, 7) is 6.81. The molecule has 6 N–H and O–H groups in total.